The number of halogens is 3. The van der Waals surface area contributed by atoms with Gasteiger partial charge in [0.15, 0.2) is 0 Å². The fourth-order valence-electron chi connectivity index (χ4n) is 2.79. The number of piperidine rings is 1. The van der Waals surface area contributed by atoms with E-state index in [0.717, 1.165) is 54.5 Å². The van der Waals surface area contributed by atoms with Gasteiger partial charge in [-0.15, -0.1) is 12.4 Å². The molecule has 124 valence electrons. The quantitative estimate of drug-likeness (QED) is 0.860. The van der Waals surface area contributed by atoms with Crippen molar-refractivity contribution in [1.29, 1.82) is 0 Å². The molecule has 0 atom stereocenters. The number of likely N-dealkylation sites (tertiary alicyclic amines) is 1. The van der Waals surface area contributed by atoms with E-state index in [2.05, 4.69) is 5.32 Å². The maximum atomic E-state index is 12.0. The zero-order valence-electron chi connectivity index (χ0n) is 12.8. The Kier molecular flexibility index (Phi) is 8.55. The van der Waals surface area contributed by atoms with E-state index in [-0.39, 0.29) is 18.3 Å². The summed E-state index contributed by atoms with van der Waals surface area (Å²) in [4.78, 5) is 13.9. The highest BCUT2D eigenvalue weighted by Gasteiger charge is 2.23. The van der Waals surface area contributed by atoms with Crippen LogP contribution in [0.25, 0.3) is 0 Å². The van der Waals surface area contributed by atoms with Crippen molar-refractivity contribution in [2.24, 2.45) is 5.92 Å². The Balaban J connectivity index is 0.00000242. The molecule has 1 aliphatic heterocycles. The molecule has 1 amide bonds. The lowest BCUT2D eigenvalue weighted by atomic mass is 9.90. The normalized spacial score (nSPS) is 15.5. The second-order valence-corrected chi connectivity index (χ2v) is 6.46. The minimum atomic E-state index is 0. The third kappa shape index (κ3) is 5.62. The summed E-state index contributed by atoms with van der Waals surface area (Å²) in [6.07, 6.45) is 3.60. The summed E-state index contributed by atoms with van der Waals surface area (Å²) >= 11 is 12.3. The lowest BCUT2D eigenvalue weighted by molar-refractivity contribution is -0.132. The molecule has 1 N–H and O–H groups in total. The molecule has 0 unspecified atom stereocenters. The molecule has 1 fully saturated rings. The second-order valence-electron chi connectivity index (χ2n) is 5.62. The van der Waals surface area contributed by atoms with Crippen molar-refractivity contribution in [1.82, 2.24) is 10.2 Å². The van der Waals surface area contributed by atoms with Crippen LogP contribution in [-0.4, -0.2) is 37.5 Å². The lowest BCUT2D eigenvalue weighted by Gasteiger charge is -2.32. The van der Waals surface area contributed by atoms with E-state index in [1.54, 1.807) is 0 Å². The van der Waals surface area contributed by atoms with Crippen molar-refractivity contribution < 1.29 is 4.79 Å². The number of hydrogen-bond donors (Lipinski definition) is 1. The molecule has 1 aromatic carbocycles. The van der Waals surface area contributed by atoms with Crippen LogP contribution in [0.3, 0.4) is 0 Å². The molecule has 1 heterocycles. The fraction of sp³-hybridized carbons (Fsp3) is 0.562. The van der Waals surface area contributed by atoms with E-state index in [1.165, 1.54) is 0 Å². The second kappa shape index (κ2) is 9.61. The van der Waals surface area contributed by atoms with Gasteiger partial charge in [0.25, 0.3) is 0 Å². The van der Waals surface area contributed by atoms with Gasteiger partial charge in [0.2, 0.25) is 5.91 Å². The van der Waals surface area contributed by atoms with Crippen LogP contribution < -0.4 is 5.32 Å². The summed E-state index contributed by atoms with van der Waals surface area (Å²) in [6, 6.07) is 5.63. The Morgan fingerprint density at radius 2 is 2.00 bits per heavy atom. The molecule has 0 radical (unpaired) electrons. The van der Waals surface area contributed by atoms with Crippen LogP contribution in [0.2, 0.25) is 10.0 Å². The molecule has 1 aliphatic rings. The van der Waals surface area contributed by atoms with Gasteiger partial charge in [-0.2, -0.15) is 0 Å². The van der Waals surface area contributed by atoms with Crippen molar-refractivity contribution in [3.05, 3.63) is 33.8 Å². The first kappa shape index (κ1) is 19.6. The molecule has 0 aliphatic carbocycles. The third-order valence-corrected chi connectivity index (χ3v) is 4.68. The van der Waals surface area contributed by atoms with Gasteiger partial charge in [-0.3, -0.25) is 4.79 Å². The molecule has 3 nitrogen and oxygen atoms in total. The molecule has 0 saturated carbocycles. The van der Waals surface area contributed by atoms with Crippen molar-refractivity contribution in [3.8, 4) is 0 Å². The van der Waals surface area contributed by atoms with Crippen LogP contribution in [-0.2, 0) is 11.2 Å². The first-order valence-electron chi connectivity index (χ1n) is 7.46. The van der Waals surface area contributed by atoms with Gasteiger partial charge in [0.1, 0.15) is 0 Å². The highest BCUT2D eigenvalue weighted by Crippen LogP contribution is 2.27. The van der Waals surface area contributed by atoms with E-state index < -0.39 is 0 Å². The predicted molar refractivity (Wildman–Crippen MR) is 95.3 cm³/mol. The Morgan fingerprint density at radius 1 is 1.32 bits per heavy atom. The Labute approximate surface area is 148 Å². The molecule has 0 aromatic heterocycles. The number of hydrogen-bond acceptors (Lipinski definition) is 2. The number of carbonyl (C=O) groups excluding carboxylic acids is 1. The molecule has 1 saturated heterocycles. The zero-order valence-corrected chi connectivity index (χ0v) is 15.1. The van der Waals surface area contributed by atoms with E-state index in [4.69, 9.17) is 23.2 Å². The summed E-state index contributed by atoms with van der Waals surface area (Å²) in [5.41, 5.74) is 1.11. The van der Waals surface area contributed by atoms with Gasteiger partial charge in [-0.05, 0) is 56.0 Å². The van der Waals surface area contributed by atoms with E-state index >= 15 is 0 Å². The van der Waals surface area contributed by atoms with Gasteiger partial charge < -0.3 is 10.2 Å². The Morgan fingerprint density at radius 3 is 2.64 bits per heavy atom. The number of amides is 1. The summed E-state index contributed by atoms with van der Waals surface area (Å²) in [6.45, 7) is 2.45. The van der Waals surface area contributed by atoms with Crippen LogP contribution in [0.1, 0.15) is 24.8 Å². The maximum absolute atomic E-state index is 12.0. The van der Waals surface area contributed by atoms with Gasteiger partial charge in [0, 0.05) is 36.1 Å². The summed E-state index contributed by atoms with van der Waals surface area (Å²) in [5.74, 6) is 0.831. The van der Waals surface area contributed by atoms with Crippen LogP contribution in [0, 0.1) is 5.92 Å². The highest BCUT2D eigenvalue weighted by atomic mass is 35.5. The first-order chi connectivity index (χ1) is 10.1. The largest absolute Gasteiger partial charge is 0.343 e. The fourth-order valence-corrected chi connectivity index (χ4v) is 3.18. The van der Waals surface area contributed by atoms with Crippen molar-refractivity contribution in [2.75, 3.05) is 26.7 Å². The van der Waals surface area contributed by atoms with Crippen LogP contribution in [0.5, 0.6) is 0 Å². The maximum Gasteiger partial charge on any atom is 0.223 e. The highest BCUT2D eigenvalue weighted by molar-refractivity contribution is 6.33. The van der Waals surface area contributed by atoms with Gasteiger partial charge >= 0.3 is 0 Å². The van der Waals surface area contributed by atoms with Crippen LogP contribution >= 0.6 is 35.6 Å². The van der Waals surface area contributed by atoms with Crippen molar-refractivity contribution >= 4 is 41.5 Å². The minimum absolute atomic E-state index is 0. The molecule has 1 aromatic rings. The molecule has 0 bridgehead atoms. The average Bonchev–Trinajstić information content (AvgIpc) is 2.49. The predicted octanol–water partition coefficient (Wildman–Crippen LogP) is 3.81. The molecule has 0 spiro atoms. The zero-order chi connectivity index (χ0) is 15.2. The van der Waals surface area contributed by atoms with Gasteiger partial charge in [-0.25, -0.2) is 0 Å². The van der Waals surface area contributed by atoms with Crippen molar-refractivity contribution in [3.63, 3.8) is 0 Å². The number of nitrogens with zero attached hydrogens (tertiary/aromatic N) is 1. The number of benzene rings is 1. The Hall–Kier alpha value is -0.480. The molecular weight excluding hydrogens is 343 g/mol. The third-order valence-electron chi connectivity index (χ3n) is 4.07. The number of carbonyl (C=O) groups is 1. The SMILES string of the molecule is CNCCC(=O)N1CCC(Cc2cc(Cl)ccc2Cl)CC1.Cl. The van der Waals surface area contributed by atoms with Crippen molar-refractivity contribution in [2.45, 2.75) is 25.7 Å². The van der Waals surface area contributed by atoms with Gasteiger partial charge in [0.05, 0.1) is 0 Å². The van der Waals surface area contributed by atoms with E-state index in [0.29, 0.717) is 12.3 Å². The smallest absolute Gasteiger partial charge is 0.223 e. The average molecular weight is 366 g/mol. The van der Waals surface area contributed by atoms with E-state index in [9.17, 15) is 4.79 Å². The molecule has 22 heavy (non-hydrogen) atoms. The monoisotopic (exact) mass is 364 g/mol. The number of nitrogens with one attached hydrogen (secondary N) is 1. The molecular formula is C16H23Cl3N2O. The standard InChI is InChI=1S/C16H22Cl2N2O.ClH/c1-19-7-4-16(21)20-8-5-12(6-9-20)10-13-11-14(17)2-3-15(13)18;/h2-3,11-12,19H,4-10H2,1H3;1H. The lowest BCUT2D eigenvalue weighted by Crippen LogP contribution is -2.39. The minimum Gasteiger partial charge on any atom is -0.343 e. The van der Waals surface area contributed by atoms with E-state index in [1.807, 2.05) is 30.1 Å². The van der Waals surface area contributed by atoms with Gasteiger partial charge in [-0.1, -0.05) is 23.2 Å². The topological polar surface area (TPSA) is 32.3 Å². The molecule has 2 rings (SSSR count). The van der Waals surface area contributed by atoms with Crippen LogP contribution in [0.4, 0.5) is 0 Å². The summed E-state index contributed by atoms with van der Waals surface area (Å²) in [5, 5.41) is 4.53. The Bertz CT molecular complexity index is 488. The molecule has 6 heteroatoms. The number of rotatable bonds is 5. The van der Waals surface area contributed by atoms with Crippen LogP contribution in [0.15, 0.2) is 18.2 Å². The first-order valence-corrected chi connectivity index (χ1v) is 8.22. The summed E-state index contributed by atoms with van der Waals surface area (Å²) in [7, 11) is 1.87. The summed E-state index contributed by atoms with van der Waals surface area (Å²) < 4.78 is 0.